The minimum Gasteiger partial charge on any atom is -0.508 e. The molecule has 0 spiro atoms. The third-order valence-corrected chi connectivity index (χ3v) is 4.84. The van der Waals surface area contributed by atoms with Crippen molar-refractivity contribution < 1.29 is 5.11 Å². The highest BCUT2D eigenvalue weighted by Gasteiger charge is 2.22. The molecule has 1 heterocycles. The molecular weight excluding hydrogens is 260 g/mol. The molecule has 118 valence electrons. The molecule has 1 aliphatic rings. The maximum absolute atomic E-state index is 10.3. The van der Waals surface area contributed by atoms with E-state index < -0.39 is 0 Å². The van der Waals surface area contributed by atoms with Crippen molar-refractivity contribution in [1.29, 1.82) is 0 Å². The maximum Gasteiger partial charge on any atom is 0.122 e. The SMILES string of the molecule is CCNC(C)c1ccc(N2CCC(C(C)C)CC2)cc1O. The van der Waals surface area contributed by atoms with E-state index in [1.807, 2.05) is 6.07 Å². The van der Waals surface area contributed by atoms with E-state index in [1.165, 1.54) is 12.8 Å². The molecule has 1 atom stereocenters. The van der Waals surface area contributed by atoms with Gasteiger partial charge in [-0.1, -0.05) is 26.8 Å². The molecule has 1 aromatic carbocycles. The first-order valence-corrected chi connectivity index (χ1v) is 8.34. The topological polar surface area (TPSA) is 35.5 Å². The number of hydrogen-bond donors (Lipinski definition) is 2. The average molecular weight is 290 g/mol. The van der Waals surface area contributed by atoms with Crippen LogP contribution in [0.3, 0.4) is 0 Å². The molecule has 1 unspecified atom stereocenters. The molecule has 1 fully saturated rings. The third-order valence-electron chi connectivity index (χ3n) is 4.84. The Kier molecular flexibility index (Phi) is 5.51. The van der Waals surface area contributed by atoms with Crippen molar-refractivity contribution in [3.05, 3.63) is 23.8 Å². The zero-order chi connectivity index (χ0) is 15.4. The first-order chi connectivity index (χ1) is 10.0. The van der Waals surface area contributed by atoms with E-state index >= 15 is 0 Å². The molecule has 3 nitrogen and oxygen atoms in total. The van der Waals surface area contributed by atoms with Gasteiger partial charge in [-0.3, -0.25) is 0 Å². The van der Waals surface area contributed by atoms with Crippen LogP contribution in [0.1, 0.15) is 52.1 Å². The van der Waals surface area contributed by atoms with Crippen LogP contribution in [0.5, 0.6) is 5.75 Å². The van der Waals surface area contributed by atoms with Crippen LogP contribution in [0.15, 0.2) is 18.2 Å². The van der Waals surface area contributed by atoms with Crippen LogP contribution in [0, 0.1) is 11.8 Å². The number of anilines is 1. The summed E-state index contributed by atoms with van der Waals surface area (Å²) in [4.78, 5) is 2.40. The Balaban J connectivity index is 2.04. The summed E-state index contributed by atoms with van der Waals surface area (Å²) in [6.45, 7) is 11.9. The second kappa shape index (κ2) is 7.17. The summed E-state index contributed by atoms with van der Waals surface area (Å²) in [5.41, 5.74) is 2.14. The number of aromatic hydroxyl groups is 1. The van der Waals surface area contributed by atoms with Gasteiger partial charge in [-0.05, 0) is 44.2 Å². The Bertz CT molecular complexity index is 451. The largest absolute Gasteiger partial charge is 0.508 e. The van der Waals surface area contributed by atoms with Crippen LogP contribution in [-0.2, 0) is 0 Å². The smallest absolute Gasteiger partial charge is 0.122 e. The van der Waals surface area contributed by atoms with E-state index in [0.717, 1.165) is 42.7 Å². The van der Waals surface area contributed by atoms with Gasteiger partial charge in [0.2, 0.25) is 0 Å². The molecule has 0 aromatic heterocycles. The summed E-state index contributed by atoms with van der Waals surface area (Å²) >= 11 is 0. The molecular formula is C18H30N2O. The van der Waals surface area contributed by atoms with Gasteiger partial charge in [0.05, 0.1) is 0 Å². The van der Waals surface area contributed by atoms with Gasteiger partial charge < -0.3 is 15.3 Å². The zero-order valence-electron chi connectivity index (χ0n) is 13.9. The normalized spacial score (nSPS) is 18.2. The summed E-state index contributed by atoms with van der Waals surface area (Å²) in [6, 6.07) is 6.33. The average Bonchev–Trinajstić information content (AvgIpc) is 2.47. The number of benzene rings is 1. The number of hydrogen-bond acceptors (Lipinski definition) is 3. The fourth-order valence-corrected chi connectivity index (χ4v) is 3.34. The first-order valence-electron chi connectivity index (χ1n) is 8.34. The predicted molar refractivity (Wildman–Crippen MR) is 90.0 cm³/mol. The lowest BCUT2D eigenvalue weighted by Crippen LogP contribution is -2.35. The number of rotatable bonds is 5. The highest BCUT2D eigenvalue weighted by atomic mass is 16.3. The lowest BCUT2D eigenvalue weighted by atomic mass is 9.86. The van der Waals surface area contributed by atoms with Crippen molar-refractivity contribution in [2.24, 2.45) is 11.8 Å². The Morgan fingerprint density at radius 1 is 1.24 bits per heavy atom. The molecule has 2 rings (SSSR count). The Morgan fingerprint density at radius 3 is 2.43 bits per heavy atom. The summed E-state index contributed by atoms with van der Waals surface area (Å²) in [6.07, 6.45) is 2.52. The monoisotopic (exact) mass is 290 g/mol. The molecule has 0 radical (unpaired) electrons. The van der Waals surface area contributed by atoms with Gasteiger partial charge in [0, 0.05) is 36.4 Å². The molecule has 21 heavy (non-hydrogen) atoms. The van der Waals surface area contributed by atoms with Crippen LogP contribution in [-0.4, -0.2) is 24.7 Å². The third kappa shape index (κ3) is 3.91. The molecule has 1 aliphatic heterocycles. The van der Waals surface area contributed by atoms with Crippen molar-refractivity contribution in [2.45, 2.75) is 46.6 Å². The van der Waals surface area contributed by atoms with Gasteiger partial charge in [-0.15, -0.1) is 0 Å². The molecule has 0 amide bonds. The molecule has 0 aliphatic carbocycles. The fourth-order valence-electron chi connectivity index (χ4n) is 3.34. The summed E-state index contributed by atoms with van der Waals surface area (Å²) in [5, 5.41) is 13.6. The van der Waals surface area contributed by atoms with Crippen LogP contribution >= 0.6 is 0 Å². The summed E-state index contributed by atoms with van der Waals surface area (Å²) in [5.74, 6) is 2.04. The van der Waals surface area contributed by atoms with Crippen LogP contribution in [0.25, 0.3) is 0 Å². The second-order valence-electron chi connectivity index (χ2n) is 6.59. The maximum atomic E-state index is 10.3. The van der Waals surface area contributed by atoms with Crippen LogP contribution in [0.2, 0.25) is 0 Å². The minimum atomic E-state index is 0.190. The van der Waals surface area contributed by atoms with Crippen molar-refractivity contribution in [3.63, 3.8) is 0 Å². The van der Waals surface area contributed by atoms with Gasteiger partial charge >= 0.3 is 0 Å². The van der Waals surface area contributed by atoms with Gasteiger partial charge in [0.1, 0.15) is 5.75 Å². The Hall–Kier alpha value is -1.22. The summed E-state index contributed by atoms with van der Waals surface area (Å²) in [7, 11) is 0. The number of phenols is 1. The van der Waals surface area contributed by atoms with Gasteiger partial charge in [0.25, 0.3) is 0 Å². The Morgan fingerprint density at radius 2 is 1.90 bits per heavy atom. The molecule has 0 bridgehead atoms. The predicted octanol–water partition coefficient (Wildman–Crippen LogP) is 3.94. The van der Waals surface area contributed by atoms with Gasteiger partial charge in [-0.25, -0.2) is 0 Å². The molecule has 3 heteroatoms. The number of nitrogens with zero attached hydrogens (tertiary/aromatic N) is 1. The fraction of sp³-hybridized carbons (Fsp3) is 0.667. The van der Waals surface area contributed by atoms with E-state index in [2.05, 4.69) is 50.0 Å². The van der Waals surface area contributed by atoms with Gasteiger partial charge in [-0.2, -0.15) is 0 Å². The summed E-state index contributed by atoms with van der Waals surface area (Å²) < 4.78 is 0. The minimum absolute atomic E-state index is 0.190. The highest BCUT2D eigenvalue weighted by molar-refractivity contribution is 5.54. The quantitative estimate of drug-likeness (QED) is 0.862. The standard InChI is InChI=1S/C18H30N2O/c1-5-19-14(4)17-7-6-16(12-18(17)21)20-10-8-15(9-11-20)13(2)3/h6-7,12-15,19,21H,5,8-11H2,1-4H3. The van der Waals surface area contributed by atoms with Crippen molar-refractivity contribution in [3.8, 4) is 5.75 Å². The van der Waals surface area contributed by atoms with E-state index in [0.29, 0.717) is 5.75 Å². The zero-order valence-corrected chi connectivity index (χ0v) is 13.9. The Labute approximate surface area is 129 Å². The number of nitrogens with one attached hydrogen (secondary N) is 1. The first kappa shape index (κ1) is 16.2. The van der Waals surface area contributed by atoms with E-state index in [1.54, 1.807) is 0 Å². The van der Waals surface area contributed by atoms with Crippen molar-refractivity contribution in [1.82, 2.24) is 5.32 Å². The van der Waals surface area contributed by atoms with Crippen LogP contribution < -0.4 is 10.2 Å². The van der Waals surface area contributed by atoms with E-state index in [4.69, 9.17) is 0 Å². The molecule has 2 N–H and O–H groups in total. The van der Waals surface area contributed by atoms with E-state index in [-0.39, 0.29) is 6.04 Å². The number of piperidine rings is 1. The van der Waals surface area contributed by atoms with Gasteiger partial charge in [0.15, 0.2) is 0 Å². The lowest BCUT2D eigenvalue weighted by molar-refractivity contribution is 0.311. The van der Waals surface area contributed by atoms with E-state index in [9.17, 15) is 5.11 Å². The molecule has 0 saturated carbocycles. The molecule has 1 aromatic rings. The lowest BCUT2D eigenvalue weighted by Gasteiger charge is -2.35. The van der Waals surface area contributed by atoms with Crippen molar-refractivity contribution in [2.75, 3.05) is 24.5 Å². The second-order valence-corrected chi connectivity index (χ2v) is 6.59. The van der Waals surface area contributed by atoms with Crippen LogP contribution in [0.4, 0.5) is 5.69 Å². The van der Waals surface area contributed by atoms with Crippen molar-refractivity contribution >= 4 is 5.69 Å². The molecule has 1 saturated heterocycles. The number of phenolic OH excluding ortho intramolecular Hbond substituents is 1. The highest BCUT2D eigenvalue weighted by Crippen LogP contribution is 2.32.